The molecule has 0 saturated carbocycles. The smallest absolute Gasteiger partial charge is 0.296 e. The molecule has 0 spiro atoms. The van der Waals surface area contributed by atoms with E-state index in [2.05, 4.69) is 15.9 Å². The summed E-state index contributed by atoms with van der Waals surface area (Å²) in [7, 11) is -12.7. The highest BCUT2D eigenvalue weighted by molar-refractivity contribution is 9.10. The lowest BCUT2D eigenvalue weighted by Crippen LogP contribution is -2.49. The lowest BCUT2D eigenvalue weighted by molar-refractivity contribution is 0.0663. The van der Waals surface area contributed by atoms with Crippen LogP contribution in [0.5, 0.6) is 5.75 Å². The molecule has 244 valence electrons. The Hall–Kier alpha value is -3.27. The third-order valence-corrected chi connectivity index (χ3v) is 12.2. The van der Waals surface area contributed by atoms with E-state index in [1.165, 1.54) is 34.6 Å². The number of sulfonamides is 1. The number of anilines is 1. The number of hydrogen-bond donors (Lipinski definition) is 0. The van der Waals surface area contributed by atoms with Crippen molar-refractivity contribution in [1.82, 2.24) is 0 Å². The van der Waals surface area contributed by atoms with Crippen LogP contribution in [0.2, 0.25) is 0 Å². The molecule has 0 saturated heterocycles. The van der Waals surface area contributed by atoms with Crippen molar-refractivity contribution in [2.24, 2.45) is 5.92 Å². The molecule has 0 N–H and O–H groups in total. The molecule has 1 aliphatic heterocycles. The molecule has 0 bridgehead atoms. The Morgan fingerprint density at radius 2 is 1.28 bits per heavy atom. The summed E-state index contributed by atoms with van der Waals surface area (Å²) in [5, 5.41) is 0. The van der Waals surface area contributed by atoms with Gasteiger partial charge in [0.1, 0.15) is 11.9 Å². The molecule has 14 heteroatoms. The van der Waals surface area contributed by atoms with Crippen LogP contribution in [0.1, 0.15) is 16.7 Å². The Balaban J connectivity index is 1.51. The van der Waals surface area contributed by atoms with Crippen molar-refractivity contribution in [2.45, 2.75) is 41.6 Å². The molecule has 5 rings (SSSR count). The van der Waals surface area contributed by atoms with Crippen LogP contribution in [0, 0.1) is 26.7 Å². The van der Waals surface area contributed by atoms with E-state index in [-0.39, 0.29) is 32.7 Å². The van der Waals surface area contributed by atoms with Gasteiger partial charge in [-0.1, -0.05) is 57.9 Å². The van der Waals surface area contributed by atoms with Crippen LogP contribution in [0.25, 0.3) is 0 Å². The molecule has 2 atom stereocenters. The normalized spacial score (nSPS) is 16.0. The molecule has 4 aromatic carbocycles. The fourth-order valence-electron chi connectivity index (χ4n) is 4.85. The summed E-state index contributed by atoms with van der Waals surface area (Å²) < 4.78 is 99.6. The zero-order valence-electron chi connectivity index (χ0n) is 25.2. The average Bonchev–Trinajstić information content (AvgIpc) is 3.01. The molecule has 4 aromatic rings. The van der Waals surface area contributed by atoms with E-state index in [9.17, 15) is 25.3 Å². The molecule has 0 radical (unpaired) electrons. The quantitative estimate of drug-likeness (QED) is 0.176. The summed E-state index contributed by atoms with van der Waals surface area (Å²) in [6.07, 6.45) is -1.07. The van der Waals surface area contributed by atoms with Gasteiger partial charge in [-0.3, -0.25) is 12.7 Å². The van der Waals surface area contributed by atoms with E-state index < -0.39 is 55.5 Å². The minimum atomic E-state index is -4.28. The molecule has 1 heterocycles. The molecule has 0 unspecified atom stereocenters. The Bertz CT molecular complexity index is 2070. The lowest BCUT2D eigenvalue weighted by Gasteiger charge is -2.38. The Labute approximate surface area is 278 Å². The average molecular weight is 751 g/mol. The number of rotatable bonds is 11. The van der Waals surface area contributed by atoms with E-state index in [1.54, 1.807) is 74.5 Å². The maximum atomic E-state index is 14.0. The first-order valence-corrected chi connectivity index (χ1v) is 19.2. The van der Waals surface area contributed by atoms with Gasteiger partial charge in [0.05, 0.1) is 40.1 Å². The standard InChI is InChI=1S/C32H32BrNO9S3/c1-22-10-13-27(14-11-22)45(37,38)41-20-25(21-42-46(39,40)29-9-5-7-24(3)17-29)32-19-34(30-18-26(33)12-15-31(30)43-32)44(35,36)28-8-4-6-23(2)16-28/h4-18,25,32H,19-21H2,1-3H3/t25-,32-/m1/s1. The first-order valence-electron chi connectivity index (χ1n) is 14.1. The van der Waals surface area contributed by atoms with E-state index in [1.807, 2.05) is 6.92 Å². The van der Waals surface area contributed by atoms with Crippen LogP contribution in [0.15, 0.2) is 110 Å². The summed E-state index contributed by atoms with van der Waals surface area (Å²) in [6.45, 7) is 3.92. The van der Waals surface area contributed by atoms with Gasteiger partial charge in [0.25, 0.3) is 30.3 Å². The monoisotopic (exact) mass is 749 g/mol. The minimum absolute atomic E-state index is 0.0482. The summed E-state index contributed by atoms with van der Waals surface area (Å²) in [4.78, 5) is -0.122. The predicted molar refractivity (Wildman–Crippen MR) is 176 cm³/mol. The molecule has 0 fully saturated rings. The fraction of sp³-hybridized carbons (Fsp3) is 0.250. The minimum Gasteiger partial charge on any atom is -0.486 e. The van der Waals surface area contributed by atoms with E-state index in [4.69, 9.17) is 13.1 Å². The number of benzene rings is 4. The Morgan fingerprint density at radius 3 is 1.89 bits per heavy atom. The highest BCUT2D eigenvalue weighted by Crippen LogP contribution is 2.40. The van der Waals surface area contributed by atoms with Gasteiger partial charge < -0.3 is 4.74 Å². The van der Waals surface area contributed by atoms with Crippen molar-refractivity contribution in [3.05, 3.63) is 112 Å². The topological polar surface area (TPSA) is 133 Å². The van der Waals surface area contributed by atoms with Gasteiger partial charge in [-0.25, -0.2) is 8.42 Å². The number of ether oxygens (including phenoxy) is 1. The van der Waals surface area contributed by atoms with Gasteiger partial charge in [-0.05, 0) is 86.5 Å². The summed E-state index contributed by atoms with van der Waals surface area (Å²) >= 11 is 3.39. The molecule has 0 aromatic heterocycles. The zero-order valence-corrected chi connectivity index (χ0v) is 29.2. The lowest BCUT2D eigenvalue weighted by atomic mass is 10.0. The van der Waals surface area contributed by atoms with Gasteiger partial charge >= 0.3 is 0 Å². The number of hydrogen-bond acceptors (Lipinski definition) is 9. The Kier molecular flexibility index (Phi) is 9.97. The maximum absolute atomic E-state index is 14.0. The number of aryl methyl sites for hydroxylation is 3. The van der Waals surface area contributed by atoms with Gasteiger partial charge in [0.2, 0.25) is 0 Å². The molecule has 46 heavy (non-hydrogen) atoms. The second kappa shape index (κ2) is 13.5. The van der Waals surface area contributed by atoms with Gasteiger partial charge in [-0.2, -0.15) is 16.8 Å². The molecular weight excluding hydrogens is 718 g/mol. The highest BCUT2D eigenvalue weighted by Gasteiger charge is 2.39. The second-order valence-corrected chi connectivity index (χ2v) is 17.0. The van der Waals surface area contributed by atoms with Crippen LogP contribution in [-0.4, -0.2) is 51.1 Å². The predicted octanol–water partition coefficient (Wildman–Crippen LogP) is 5.76. The fourth-order valence-corrected chi connectivity index (χ4v) is 8.81. The van der Waals surface area contributed by atoms with Crippen LogP contribution >= 0.6 is 15.9 Å². The zero-order chi connectivity index (χ0) is 33.3. The van der Waals surface area contributed by atoms with Crippen molar-refractivity contribution in [3.63, 3.8) is 0 Å². The number of nitrogens with zero attached hydrogens (tertiary/aromatic N) is 1. The van der Waals surface area contributed by atoms with Gasteiger partial charge in [-0.15, -0.1) is 0 Å². The largest absolute Gasteiger partial charge is 0.486 e. The van der Waals surface area contributed by atoms with E-state index in [0.29, 0.717) is 10.0 Å². The van der Waals surface area contributed by atoms with Gasteiger partial charge in [0, 0.05) is 10.4 Å². The van der Waals surface area contributed by atoms with Crippen molar-refractivity contribution in [2.75, 3.05) is 24.1 Å². The first kappa shape index (κ1) is 34.1. The molecule has 0 aliphatic carbocycles. The van der Waals surface area contributed by atoms with Crippen molar-refractivity contribution < 1.29 is 38.4 Å². The number of halogens is 1. The van der Waals surface area contributed by atoms with E-state index in [0.717, 1.165) is 11.1 Å². The van der Waals surface area contributed by atoms with Crippen molar-refractivity contribution >= 4 is 51.9 Å². The third-order valence-electron chi connectivity index (χ3n) is 7.38. The second-order valence-electron chi connectivity index (χ2n) is 11.0. The summed E-state index contributed by atoms with van der Waals surface area (Å²) in [6, 6.07) is 23.5. The van der Waals surface area contributed by atoms with Crippen LogP contribution in [0.4, 0.5) is 5.69 Å². The first-order chi connectivity index (χ1) is 21.7. The van der Waals surface area contributed by atoms with Crippen LogP contribution in [0.3, 0.4) is 0 Å². The molecule has 10 nitrogen and oxygen atoms in total. The molecule has 0 amide bonds. The maximum Gasteiger partial charge on any atom is 0.296 e. The Morgan fingerprint density at radius 1 is 0.717 bits per heavy atom. The van der Waals surface area contributed by atoms with Crippen LogP contribution in [-0.2, 0) is 38.6 Å². The summed E-state index contributed by atoms with van der Waals surface area (Å²) in [5.41, 5.74) is 2.54. The third kappa shape index (κ3) is 7.64. The summed E-state index contributed by atoms with van der Waals surface area (Å²) in [5.74, 6) is -0.865. The van der Waals surface area contributed by atoms with Crippen molar-refractivity contribution in [3.8, 4) is 5.75 Å². The van der Waals surface area contributed by atoms with Crippen molar-refractivity contribution in [1.29, 1.82) is 0 Å². The van der Waals surface area contributed by atoms with Crippen LogP contribution < -0.4 is 9.04 Å². The van der Waals surface area contributed by atoms with E-state index >= 15 is 0 Å². The molecular formula is C32H32BrNO9S3. The number of fused-ring (bicyclic) bond motifs is 1. The SMILES string of the molecule is Cc1ccc(S(=O)(=O)OC[C@H](COS(=O)(=O)c2cccc(C)c2)[C@H]2CN(S(=O)(=O)c3cccc(C)c3)c3cc(Br)ccc3O2)cc1. The molecule has 1 aliphatic rings. The van der Waals surface area contributed by atoms with Gasteiger partial charge in [0.15, 0.2) is 0 Å². The highest BCUT2D eigenvalue weighted by atomic mass is 79.9.